The third kappa shape index (κ3) is 10.0. The van der Waals surface area contributed by atoms with Crippen LogP contribution in [0.2, 0.25) is 0 Å². The first-order chi connectivity index (χ1) is 40.0. The number of ketones is 6. The van der Waals surface area contributed by atoms with Gasteiger partial charge in [0.1, 0.15) is 30.4 Å². The zero-order chi connectivity index (χ0) is 58.9. The normalized spacial score (nSPS) is 21.8. The fourth-order valence-electron chi connectivity index (χ4n) is 12.4. The molecule has 6 aromatic rings. The maximum absolute atomic E-state index is 13.0. The molecule has 6 aromatic carbocycles. The van der Waals surface area contributed by atoms with Gasteiger partial charge in [0.2, 0.25) is 0 Å². The number of hydrogen-bond acceptors (Lipinski definition) is 18. The van der Waals surface area contributed by atoms with Crippen LogP contribution in [0.3, 0.4) is 0 Å². The second kappa shape index (κ2) is 20.9. The van der Waals surface area contributed by atoms with Crippen LogP contribution in [-0.4, -0.2) is 109 Å². The zero-order valence-electron chi connectivity index (χ0n) is 44.1. The van der Waals surface area contributed by atoms with Crippen LogP contribution in [-0.2, 0) is 49.6 Å². The first kappa shape index (κ1) is 56.9. The van der Waals surface area contributed by atoms with Crippen LogP contribution in [0, 0.1) is 17.8 Å². The van der Waals surface area contributed by atoms with Gasteiger partial charge in [-0.15, -0.1) is 0 Å². The monoisotopic (exact) mass is 1200 g/mol. The van der Waals surface area contributed by atoms with Crippen LogP contribution in [0.25, 0.3) is 0 Å². The van der Waals surface area contributed by atoms with Gasteiger partial charge in [0.05, 0.1) is 50.6 Å². The SMILES string of the molecule is O=C1c2ccc(S(=O)(=O)[O-])cc2Cc2cc3c(cc21)NC1C=CC=CC1C3=O.O=C1c2ccc(S(=O)(=O)[O-])cc2Cc2cc3c(cc21)NC1C=CC=CC1C3=O.O=C1c2ccc(S(=O)(=O)[O-])cc2Cc2cc3c(cc21)NC1C=CC=CC1C3=O.[Al+3]. The van der Waals surface area contributed by atoms with E-state index >= 15 is 0 Å². The quantitative estimate of drug-likeness (QED) is 0.119. The summed E-state index contributed by atoms with van der Waals surface area (Å²) in [5.74, 6) is -1.67. The Hall–Kier alpha value is -8.56. The Morgan fingerprint density at radius 1 is 0.318 bits per heavy atom. The third-order valence-electron chi connectivity index (χ3n) is 16.5. The van der Waals surface area contributed by atoms with E-state index in [1.54, 1.807) is 36.4 Å². The van der Waals surface area contributed by atoms with Gasteiger partial charge in [-0.2, -0.15) is 0 Å². The van der Waals surface area contributed by atoms with Gasteiger partial charge in [-0.1, -0.05) is 72.9 Å². The minimum absolute atomic E-state index is 0. The molecule has 6 atom stereocenters. The van der Waals surface area contributed by atoms with E-state index in [1.807, 2.05) is 72.9 Å². The van der Waals surface area contributed by atoms with Crippen LogP contribution in [0.15, 0.2) is 179 Å². The standard InChI is InChI=1S/3C21H15NO5S.Al/c3*23-20-14-6-5-13(28(25,26)27)8-11(14)7-12-9-17-19(10-16(12)20)22-18-4-2-1-3-15(18)21(17)24;/h3*1-6,8-10,15,18,22H,7H2,(H,25,26,27);/q;;;+3/p-3. The van der Waals surface area contributed by atoms with Gasteiger partial charge in [-0.25, -0.2) is 25.3 Å². The van der Waals surface area contributed by atoms with Crippen LogP contribution in [0.1, 0.15) is 112 Å². The largest absolute Gasteiger partial charge is 3.00 e. The Balaban J connectivity index is 0.000000124. The molecule has 15 rings (SSSR count). The van der Waals surface area contributed by atoms with Crippen molar-refractivity contribution >= 4 is 99.5 Å². The van der Waals surface area contributed by atoms with Crippen molar-refractivity contribution < 1.29 is 67.7 Å². The summed E-state index contributed by atoms with van der Waals surface area (Å²) in [6.07, 6.45) is 23.4. The number of anilines is 3. The molecule has 0 bridgehead atoms. The van der Waals surface area contributed by atoms with Crippen LogP contribution in [0.5, 0.6) is 0 Å². The molecule has 0 amide bonds. The second-order valence-electron chi connectivity index (χ2n) is 21.5. The first-order valence-corrected chi connectivity index (χ1v) is 30.6. The summed E-state index contributed by atoms with van der Waals surface area (Å²) in [4.78, 5) is 76.5. The number of carbonyl (C=O) groups is 6. The van der Waals surface area contributed by atoms with E-state index in [-0.39, 0.29) is 122 Å². The van der Waals surface area contributed by atoms with Gasteiger partial charge in [-0.3, -0.25) is 28.8 Å². The van der Waals surface area contributed by atoms with E-state index in [0.29, 0.717) is 101 Å². The molecule has 9 aliphatic rings. The van der Waals surface area contributed by atoms with Crippen molar-refractivity contribution in [1.82, 2.24) is 0 Å². The molecule has 0 radical (unpaired) electrons. The first-order valence-electron chi connectivity index (χ1n) is 26.4. The van der Waals surface area contributed by atoms with Crippen molar-refractivity contribution in [2.45, 2.75) is 52.1 Å². The molecular weight excluding hydrogens is 1160 g/mol. The number of carbonyl (C=O) groups excluding carboxylic acids is 6. The molecule has 0 aromatic heterocycles. The Bertz CT molecular complexity index is 4190. The molecule has 3 heterocycles. The van der Waals surface area contributed by atoms with Crippen LogP contribution >= 0.6 is 0 Å². The summed E-state index contributed by atoms with van der Waals surface area (Å²) in [5.41, 5.74) is 9.40. The Morgan fingerprint density at radius 2 is 0.565 bits per heavy atom. The fraction of sp³-hybridized carbons (Fsp3) is 0.143. The Kier molecular flexibility index (Phi) is 14.0. The zero-order valence-corrected chi connectivity index (χ0v) is 47.7. The summed E-state index contributed by atoms with van der Waals surface area (Å²) in [5, 5.41) is 9.96. The van der Waals surface area contributed by atoms with Gasteiger partial charge >= 0.3 is 17.4 Å². The molecule has 0 saturated carbocycles. The van der Waals surface area contributed by atoms with Crippen LogP contribution in [0.4, 0.5) is 17.1 Å². The van der Waals surface area contributed by atoms with Crippen molar-refractivity contribution in [3.63, 3.8) is 0 Å². The molecule has 0 fully saturated rings. The molecule has 85 heavy (non-hydrogen) atoms. The molecule has 3 aliphatic heterocycles. The van der Waals surface area contributed by atoms with Crippen molar-refractivity contribution in [3.05, 3.63) is 247 Å². The number of rotatable bonds is 3. The molecule has 420 valence electrons. The number of nitrogens with one attached hydrogen (secondary N) is 3. The van der Waals surface area contributed by atoms with E-state index in [1.165, 1.54) is 36.4 Å². The van der Waals surface area contributed by atoms with Gasteiger partial charge in [0.15, 0.2) is 34.7 Å². The number of benzene rings is 6. The topological polar surface area (TPSA) is 310 Å². The second-order valence-corrected chi connectivity index (χ2v) is 25.6. The third-order valence-corrected chi connectivity index (χ3v) is 19.0. The molecule has 3 N–H and O–H groups in total. The Labute approximate surface area is 497 Å². The van der Waals surface area contributed by atoms with E-state index in [4.69, 9.17) is 0 Å². The van der Waals surface area contributed by atoms with Gasteiger partial charge < -0.3 is 29.6 Å². The number of hydrogen-bond donors (Lipinski definition) is 3. The predicted octanol–water partition coefficient (Wildman–Crippen LogP) is 6.95. The molecule has 6 unspecified atom stereocenters. The summed E-state index contributed by atoms with van der Waals surface area (Å²) in [6.45, 7) is 0. The van der Waals surface area contributed by atoms with E-state index in [9.17, 15) is 67.7 Å². The minimum atomic E-state index is -4.61. The van der Waals surface area contributed by atoms with E-state index in [2.05, 4.69) is 16.0 Å². The van der Waals surface area contributed by atoms with Crippen LogP contribution < -0.4 is 16.0 Å². The fourth-order valence-corrected chi connectivity index (χ4v) is 13.9. The average molecular weight is 1200 g/mol. The van der Waals surface area contributed by atoms with Gasteiger partial charge in [0, 0.05) is 67.1 Å². The van der Waals surface area contributed by atoms with Gasteiger partial charge in [-0.05, 0) is 144 Å². The maximum Gasteiger partial charge on any atom is 3.00 e. The molecule has 6 aliphatic carbocycles. The molecule has 0 saturated heterocycles. The van der Waals surface area contributed by atoms with Crippen molar-refractivity contribution in [1.29, 1.82) is 0 Å². The minimum Gasteiger partial charge on any atom is -0.744 e. The number of fused-ring (bicyclic) bond motifs is 12. The smallest absolute Gasteiger partial charge is 0.744 e. The molecule has 0 spiro atoms. The van der Waals surface area contributed by atoms with Gasteiger partial charge in [0.25, 0.3) is 0 Å². The molecular formula is C63H42AlN3O15S3. The van der Waals surface area contributed by atoms with Crippen molar-refractivity contribution in [2.75, 3.05) is 16.0 Å². The van der Waals surface area contributed by atoms with Crippen molar-refractivity contribution in [3.8, 4) is 0 Å². The summed E-state index contributed by atoms with van der Waals surface area (Å²) in [6, 6.07) is 21.2. The summed E-state index contributed by atoms with van der Waals surface area (Å²) < 4.78 is 102. The maximum atomic E-state index is 13.0. The summed E-state index contributed by atoms with van der Waals surface area (Å²) in [7, 11) is -13.8. The number of allylic oxidation sites excluding steroid dienone is 6. The molecule has 18 nitrogen and oxygen atoms in total. The molecule has 22 heteroatoms. The number of Topliss-reactive ketones (excluding diaryl/α,β-unsaturated/α-hetero) is 3. The van der Waals surface area contributed by atoms with E-state index < -0.39 is 30.4 Å². The summed E-state index contributed by atoms with van der Waals surface area (Å²) >= 11 is 0. The van der Waals surface area contributed by atoms with E-state index in [0.717, 1.165) is 18.2 Å². The van der Waals surface area contributed by atoms with Crippen molar-refractivity contribution in [2.24, 2.45) is 17.8 Å². The Morgan fingerprint density at radius 3 is 0.824 bits per heavy atom. The predicted molar refractivity (Wildman–Crippen MR) is 308 cm³/mol. The average Bonchev–Trinajstić information content (AvgIpc) is 2.55.